The van der Waals surface area contributed by atoms with Crippen LogP contribution in [0.4, 0.5) is 0 Å². The van der Waals surface area contributed by atoms with E-state index >= 15 is 0 Å². The van der Waals surface area contributed by atoms with Gasteiger partial charge in [-0.25, -0.2) is 4.98 Å². The van der Waals surface area contributed by atoms with Gasteiger partial charge in [-0.1, -0.05) is 32.5 Å². The van der Waals surface area contributed by atoms with Gasteiger partial charge in [-0.3, -0.25) is 9.89 Å². The van der Waals surface area contributed by atoms with Crippen molar-refractivity contribution in [3.05, 3.63) is 5.82 Å². The number of nitrogens with one attached hydrogen (secondary N) is 1. The summed E-state index contributed by atoms with van der Waals surface area (Å²) >= 11 is 1.43. The van der Waals surface area contributed by atoms with Crippen molar-refractivity contribution in [3.8, 4) is 0 Å². The predicted octanol–water partition coefficient (Wildman–Crippen LogP) is 1.24. The molecule has 84 valence electrons. The van der Waals surface area contributed by atoms with Crippen molar-refractivity contribution >= 4 is 18.2 Å². The van der Waals surface area contributed by atoms with E-state index in [2.05, 4.69) is 36.0 Å². The summed E-state index contributed by atoms with van der Waals surface area (Å²) in [6, 6.07) is 0. The molecule has 0 atom stereocenters. The third-order valence-electron chi connectivity index (χ3n) is 1.75. The molecule has 1 N–H and O–H groups in total. The number of nitrogens with zero attached hydrogens (tertiary/aromatic N) is 3. The molecule has 5 nitrogen and oxygen atoms in total. The van der Waals surface area contributed by atoms with E-state index < -0.39 is 0 Å². The van der Waals surface area contributed by atoms with Crippen LogP contribution in [0.15, 0.2) is 5.16 Å². The molecule has 0 spiro atoms. The second kappa shape index (κ2) is 4.65. The number of carbonyl (C=O) groups excluding carboxylic acids is 1. The van der Waals surface area contributed by atoms with Gasteiger partial charge in [0.2, 0.25) is 11.6 Å². The minimum Gasteiger partial charge on any atom is -0.339 e. The molecule has 1 aromatic rings. The molecule has 0 unspecified atom stereocenters. The van der Waals surface area contributed by atoms with Gasteiger partial charge in [-0.05, 0) is 0 Å². The summed E-state index contributed by atoms with van der Waals surface area (Å²) in [5.74, 6) is 1.42. The Labute approximate surface area is 93.6 Å². The van der Waals surface area contributed by atoms with Crippen LogP contribution in [0.25, 0.3) is 0 Å². The van der Waals surface area contributed by atoms with Crippen LogP contribution in [-0.4, -0.2) is 39.4 Å². The Hall–Kier alpha value is -1.04. The van der Waals surface area contributed by atoms with Crippen LogP contribution >= 0.6 is 11.8 Å². The van der Waals surface area contributed by atoms with E-state index in [0.717, 1.165) is 12.2 Å². The minimum absolute atomic E-state index is 0.0254. The highest BCUT2D eigenvalue weighted by Gasteiger charge is 2.18. The largest absolute Gasteiger partial charge is 0.339 e. The number of hydrogen-bond acceptors (Lipinski definition) is 4. The van der Waals surface area contributed by atoms with Crippen molar-refractivity contribution in [1.29, 1.82) is 0 Å². The number of aromatic nitrogens is 3. The Bertz CT molecular complexity index is 331. The normalized spacial score (nSPS) is 11.5. The molecule has 0 aliphatic heterocycles. The summed E-state index contributed by atoms with van der Waals surface area (Å²) in [6.45, 7) is 6.21. The number of aromatic amines is 1. The lowest BCUT2D eigenvalue weighted by atomic mass is 9.96. The first-order valence-corrected chi connectivity index (χ1v) is 5.63. The molecule has 15 heavy (non-hydrogen) atoms. The quantitative estimate of drug-likeness (QED) is 0.478. The van der Waals surface area contributed by atoms with Crippen LogP contribution in [0.1, 0.15) is 26.6 Å². The van der Waals surface area contributed by atoms with E-state index in [1.165, 1.54) is 16.7 Å². The van der Waals surface area contributed by atoms with Gasteiger partial charge < -0.3 is 4.90 Å². The molecule has 0 saturated carbocycles. The number of rotatable bonds is 4. The summed E-state index contributed by atoms with van der Waals surface area (Å²) in [4.78, 5) is 16.2. The van der Waals surface area contributed by atoms with Crippen molar-refractivity contribution in [1.82, 2.24) is 20.1 Å². The Balaban J connectivity index is 2.57. The van der Waals surface area contributed by atoms with Gasteiger partial charge in [0.25, 0.3) is 0 Å². The highest BCUT2D eigenvalue weighted by atomic mass is 32.2. The molecule has 0 aliphatic carbocycles. The van der Waals surface area contributed by atoms with Gasteiger partial charge in [0, 0.05) is 12.5 Å². The topological polar surface area (TPSA) is 61.9 Å². The van der Waals surface area contributed by atoms with Crippen LogP contribution < -0.4 is 0 Å². The lowest BCUT2D eigenvalue weighted by Crippen LogP contribution is -2.14. The first-order chi connectivity index (χ1) is 6.93. The van der Waals surface area contributed by atoms with E-state index in [4.69, 9.17) is 0 Å². The van der Waals surface area contributed by atoms with Crippen LogP contribution in [0.2, 0.25) is 0 Å². The average molecular weight is 228 g/mol. The molecule has 0 fully saturated rings. The van der Waals surface area contributed by atoms with Crippen LogP contribution in [0, 0.1) is 0 Å². The lowest BCUT2D eigenvalue weighted by molar-refractivity contribution is -0.116. The molecular formula is C9H16N4OS. The molecule has 1 aromatic heterocycles. The predicted molar refractivity (Wildman–Crippen MR) is 59.6 cm³/mol. The van der Waals surface area contributed by atoms with Crippen LogP contribution in [-0.2, 0) is 10.2 Å². The average Bonchev–Trinajstić information content (AvgIpc) is 2.61. The summed E-state index contributed by atoms with van der Waals surface area (Å²) in [7, 11) is 1.72. The van der Waals surface area contributed by atoms with Gasteiger partial charge in [0.05, 0.1) is 5.88 Å². The molecule has 6 heteroatoms. The van der Waals surface area contributed by atoms with Crippen molar-refractivity contribution in [2.45, 2.75) is 31.3 Å². The maximum absolute atomic E-state index is 10.4. The molecule has 1 rings (SSSR count). The van der Waals surface area contributed by atoms with E-state index in [9.17, 15) is 4.79 Å². The van der Waals surface area contributed by atoms with E-state index in [1.54, 1.807) is 7.05 Å². The summed E-state index contributed by atoms with van der Waals surface area (Å²) in [5, 5.41) is 7.65. The maximum Gasteiger partial charge on any atom is 0.210 e. The van der Waals surface area contributed by atoms with Crippen LogP contribution in [0.5, 0.6) is 0 Å². The first-order valence-electron chi connectivity index (χ1n) is 4.64. The monoisotopic (exact) mass is 228 g/mol. The fourth-order valence-corrected chi connectivity index (χ4v) is 1.48. The number of H-pyrrole nitrogens is 1. The molecule has 1 amide bonds. The van der Waals surface area contributed by atoms with Gasteiger partial charge in [-0.2, -0.15) is 0 Å². The molecule has 1 heterocycles. The number of carbonyl (C=O) groups is 1. The van der Waals surface area contributed by atoms with Crippen molar-refractivity contribution < 1.29 is 4.79 Å². The van der Waals surface area contributed by atoms with E-state index in [0.29, 0.717) is 11.0 Å². The molecule has 0 bridgehead atoms. The highest BCUT2D eigenvalue weighted by Crippen LogP contribution is 2.20. The van der Waals surface area contributed by atoms with Gasteiger partial charge >= 0.3 is 0 Å². The second-order valence-corrected chi connectivity index (χ2v) is 5.26. The van der Waals surface area contributed by atoms with E-state index in [1.807, 2.05) is 0 Å². The Morgan fingerprint density at radius 2 is 2.20 bits per heavy atom. The van der Waals surface area contributed by atoms with Crippen molar-refractivity contribution in [2.75, 3.05) is 12.9 Å². The minimum atomic E-state index is -0.0254. The third kappa shape index (κ3) is 3.54. The smallest absolute Gasteiger partial charge is 0.210 e. The summed E-state index contributed by atoms with van der Waals surface area (Å²) < 4.78 is 0. The summed E-state index contributed by atoms with van der Waals surface area (Å²) in [6.07, 6.45) is 0.782. The Morgan fingerprint density at radius 3 is 2.67 bits per heavy atom. The molecule has 0 radical (unpaired) electrons. The highest BCUT2D eigenvalue weighted by molar-refractivity contribution is 7.99. The molecule has 0 aromatic carbocycles. The fraction of sp³-hybridized carbons (Fsp3) is 0.667. The molecular weight excluding hydrogens is 212 g/mol. The zero-order chi connectivity index (χ0) is 11.5. The second-order valence-electron chi connectivity index (χ2n) is 4.35. The van der Waals surface area contributed by atoms with Crippen molar-refractivity contribution in [2.24, 2.45) is 0 Å². The summed E-state index contributed by atoms with van der Waals surface area (Å²) in [5.41, 5.74) is -0.0254. The fourth-order valence-electron chi connectivity index (χ4n) is 0.836. The number of amides is 1. The lowest BCUT2D eigenvalue weighted by Gasteiger charge is -2.12. The zero-order valence-corrected chi connectivity index (χ0v) is 10.3. The number of hydrogen-bond donors (Lipinski definition) is 1. The maximum atomic E-state index is 10.4. The van der Waals surface area contributed by atoms with Gasteiger partial charge in [-0.15, -0.1) is 5.10 Å². The van der Waals surface area contributed by atoms with Crippen LogP contribution in [0.3, 0.4) is 0 Å². The molecule has 0 saturated heterocycles. The van der Waals surface area contributed by atoms with Gasteiger partial charge in [0.1, 0.15) is 5.82 Å². The van der Waals surface area contributed by atoms with Crippen molar-refractivity contribution in [3.63, 3.8) is 0 Å². The SMILES string of the molecule is CN(C=O)CSc1n[nH]c(C(C)(C)C)n1. The number of thioether (sulfide) groups is 1. The molecule has 0 aliphatic rings. The third-order valence-corrected chi connectivity index (χ3v) is 2.73. The Kier molecular flexibility index (Phi) is 3.73. The first kappa shape index (κ1) is 12.0. The Morgan fingerprint density at radius 1 is 1.53 bits per heavy atom. The van der Waals surface area contributed by atoms with E-state index in [-0.39, 0.29) is 5.41 Å². The zero-order valence-electron chi connectivity index (χ0n) is 9.44. The van der Waals surface area contributed by atoms with Gasteiger partial charge in [0.15, 0.2) is 0 Å². The standard InChI is InChI=1S/C9H16N4OS/c1-9(2,3)7-10-8(12-11-7)15-6-13(4)5-14/h5H,6H2,1-4H3,(H,10,11,12).